The van der Waals surface area contributed by atoms with E-state index in [0.717, 1.165) is 0 Å². The standard InChI is InChI=1S/C2HN6O4.H3N/c9-7(10)2-1(3-6-4-2)5-8(11)12;/h(H-,3,4,5,6);1H3/q-1;/p+1. The van der Waals surface area contributed by atoms with Crippen molar-refractivity contribution >= 4 is 11.6 Å². The third kappa shape index (κ3) is 2.33. The molecule has 0 spiro atoms. The lowest BCUT2D eigenvalue weighted by Gasteiger charge is -1.96. The Balaban J connectivity index is 0.00000144. The van der Waals surface area contributed by atoms with Crippen molar-refractivity contribution in [3.63, 3.8) is 0 Å². The second kappa shape index (κ2) is 3.91. The molecular weight excluding hydrogens is 186 g/mol. The van der Waals surface area contributed by atoms with Crippen LogP contribution in [0.15, 0.2) is 0 Å². The van der Waals surface area contributed by atoms with E-state index >= 15 is 0 Å². The average Bonchev–Trinajstić information content (AvgIpc) is 2.33. The minimum Gasteiger partial charge on any atom is -0.369 e. The zero-order chi connectivity index (χ0) is 9.14. The monoisotopic (exact) mass is 191 g/mol. The minimum atomic E-state index is -1.09. The third-order valence-electron chi connectivity index (χ3n) is 0.861. The number of nitrogens with one attached hydrogen (secondary N) is 1. The highest BCUT2D eigenvalue weighted by atomic mass is 16.7. The van der Waals surface area contributed by atoms with Crippen molar-refractivity contribution in [3.8, 4) is 0 Å². The highest BCUT2D eigenvalue weighted by molar-refractivity contribution is 5.50. The van der Waals surface area contributed by atoms with E-state index in [1.54, 1.807) is 0 Å². The predicted octanol–water partition coefficient (Wildman–Crippen LogP) is 0.286. The first-order valence-electron chi connectivity index (χ1n) is 2.52. The fourth-order valence-corrected chi connectivity index (χ4v) is 0.487. The summed E-state index contributed by atoms with van der Waals surface area (Å²) in [6.07, 6.45) is 0. The summed E-state index contributed by atoms with van der Waals surface area (Å²) in [5.74, 6) is -1.42. The maximum absolute atomic E-state index is 10.1. The number of aromatic nitrogens is 3. The van der Waals surface area contributed by atoms with Crippen LogP contribution in [0.4, 0.5) is 11.6 Å². The number of nitro groups is 2. The van der Waals surface area contributed by atoms with Crippen LogP contribution in [-0.4, -0.2) is 25.4 Å². The minimum absolute atomic E-state index is 0. The lowest BCUT2D eigenvalue weighted by Crippen LogP contribution is -1.92. The van der Waals surface area contributed by atoms with E-state index in [1.807, 2.05) is 5.21 Å². The van der Waals surface area contributed by atoms with Crippen molar-refractivity contribution in [2.45, 2.75) is 0 Å². The third-order valence-corrected chi connectivity index (χ3v) is 0.861. The Hall–Kier alpha value is -2.30. The highest BCUT2D eigenvalue weighted by Crippen LogP contribution is 2.24. The molecule has 72 valence electrons. The van der Waals surface area contributed by atoms with Gasteiger partial charge in [0.2, 0.25) is 0 Å². The van der Waals surface area contributed by atoms with E-state index in [0.29, 0.717) is 0 Å². The van der Waals surface area contributed by atoms with Gasteiger partial charge >= 0.3 is 5.82 Å². The van der Waals surface area contributed by atoms with Crippen molar-refractivity contribution in [2.24, 2.45) is 0 Å². The van der Waals surface area contributed by atoms with Crippen LogP contribution in [0.25, 0.3) is 5.43 Å². The van der Waals surface area contributed by atoms with Gasteiger partial charge in [-0.15, -0.1) is 5.43 Å². The molecule has 11 nitrogen and oxygen atoms in total. The van der Waals surface area contributed by atoms with E-state index in [9.17, 15) is 20.2 Å². The Kier molecular flexibility index (Phi) is 3.22. The molecule has 0 fully saturated rings. The molecule has 5 N–H and O–H groups in total. The number of hydrogen-bond acceptors (Lipinski definition) is 6. The van der Waals surface area contributed by atoms with Crippen molar-refractivity contribution in [1.82, 2.24) is 21.6 Å². The molecule has 11 heteroatoms. The Morgan fingerprint density at radius 2 is 1.92 bits per heavy atom. The van der Waals surface area contributed by atoms with Crippen molar-refractivity contribution in [1.29, 1.82) is 0 Å². The SMILES string of the molecule is O=[N+]([O-])[N-]c1n[nH]nc1[N+](=O)[O-].[NH4+]. The van der Waals surface area contributed by atoms with E-state index in [4.69, 9.17) is 0 Å². The van der Waals surface area contributed by atoms with Gasteiger partial charge in [-0.25, -0.2) is 0 Å². The van der Waals surface area contributed by atoms with Crippen LogP contribution < -0.4 is 6.15 Å². The molecule has 1 rings (SSSR count). The quantitative estimate of drug-likeness (QED) is 0.511. The van der Waals surface area contributed by atoms with E-state index in [-0.39, 0.29) is 6.15 Å². The Morgan fingerprint density at radius 3 is 2.38 bits per heavy atom. The molecule has 13 heavy (non-hydrogen) atoms. The van der Waals surface area contributed by atoms with Gasteiger partial charge in [0.05, 0.1) is 10.1 Å². The molecule has 0 unspecified atom stereocenters. The zero-order valence-corrected chi connectivity index (χ0v) is 6.37. The second-order valence-electron chi connectivity index (χ2n) is 1.57. The van der Waals surface area contributed by atoms with Gasteiger partial charge in [0, 0.05) is 0 Å². The van der Waals surface area contributed by atoms with E-state index in [2.05, 4.69) is 15.6 Å². The summed E-state index contributed by atoms with van der Waals surface area (Å²) in [7, 11) is 0. The van der Waals surface area contributed by atoms with Gasteiger partial charge in [-0.1, -0.05) is 0 Å². The summed E-state index contributed by atoms with van der Waals surface area (Å²) in [6, 6.07) is 0. The number of nitrogens with zero attached hydrogens (tertiary/aromatic N) is 5. The molecule has 0 amide bonds. The van der Waals surface area contributed by atoms with Crippen LogP contribution in [0.2, 0.25) is 0 Å². The topological polar surface area (TPSA) is 178 Å². The molecule has 0 aliphatic heterocycles. The Labute approximate surface area is 70.0 Å². The zero-order valence-electron chi connectivity index (χ0n) is 6.37. The first-order valence-corrected chi connectivity index (χ1v) is 2.52. The number of quaternary nitrogens is 1. The van der Waals surface area contributed by atoms with Crippen LogP contribution in [0.3, 0.4) is 0 Å². The molecule has 0 bridgehead atoms. The average molecular weight is 191 g/mol. The molecule has 0 aliphatic carbocycles. The molecule has 0 saturated heterocycles. The van der Waals surface area contributed by atoms with Gasteiger partial charge in [0.15, 0.2) is 0 Å². The summed E-state index contributed by atoms with van der Waals surface area (Å²) in [6.45, 7) is 0. The Bertz CT molecular complexity index is 318. The van der Waals surface area contributed by atoms with Gasteiger partial charge in [-0.2, -0.15) is 5.21 Å². The fraction of sp³-hybridized carbons (Fsp3) is 0. The second-order valence-corrected chi connectivity index (χ2v) is 1.57. The molecule has 0 aliphatic rings. The summed E-state index contributed by atoms with van der Waals surface area (Å²) in [5.41, 5.74) is 2.62. The number of hydrogen-bond donors (Lipinski definition) is 2. The first kappa shape index (κ1) is 10.7. The molecule has 0 saturated carbocycles. The van der Waals surface area contributed by atoms with Crippen LogP contribution >= 0.6 is 0 Å². The summed E-state index contributed by atoms with van der Waals surface area (Å²) in [5, 5.41) is 26.7. The summed E-state index contributed by atoms with van der Waals surface area (Å²) < 4.78 is 0. The van der Waals surface area contributed by atoms with Gasteiger partial charge in [-0.3, -0.25) is 10.1 Å². The molecule has 0 radical (unpaired) electrons. The van der Waals surface area contributed by atoms with Crippen LogP contribution in [0.1, 0.15) is 0 Å². The molecule has 1 aromatic rings. The molecule has 1 aromatic heterocycles. The lowest BCUT2D eigenvalue weighted by molar-refractivity contribution is -0.422. The van der Waals surface area contributed by atoms with Gasteiger partial charge < -0.3 is 21.4 Å². The van der Waals surface area contributed by atoms with Crippen LogP contribution in [-0.2, 0) is 0 Å². The Morgan fingerprint density at radius 1 is 1.31 bits per heavy atom. The highest BCUT2D eigenvalue weighted by Gasteiger charge is 2.14. The van der Waals surface area contributed by atoms with Gasteiger partial charge in [0.25, 0.3) is 0 Å². The maximum atomic E-state index is 10.1. The fourth-order valence-electron chi connectivity index (χ4n) is 0.487. The van der Waals surface area contributed by atoms with E-state index < -0.39 is 21.6 Å². The number of H-pyrrole nitrogens is 1. The molecule has 0 aromatic carbocycles. The van der Waals surface area contributed by atoms with Crippen molar-refractivity contribution < 1.29 is 9.96 Å². The summed E-state index contributed by atoms with van der Waals surface area (Å²) >= 11 is 0. The molecule has 0 atom stereocenters. The molecular formula is C2H5N7O4. The van der Waals surface area contributed by atoms with Crippen LogP contribution in [0.5, 0.6) is 0 Å². The first-order chi connectivity index (χ1) is 5.61. The van der Waals surface area contributed by atoms with Gasteiger partial charge in [-0.05, 0) is 4.92 Å². The lowest BCUT2D eigenvalue weighted by atomic mass is 10.7. The number of rotatable bonds is 3. The number of aromatic amines is 1. The summed E-state index contributed by atoms with van der Waals surface area (Å²) in [4.78, 5) is 18.9. The van der Waals surface area contributed by atoms with Gasteiger partial charge in [0.1, 0.15) is 5.82 Å². The normalized spacial score (nSPS) is 8.62. The smallest absolute Gasteiger partial charge is 0.369 e. The predicted molar refractivity (Wildman–Crippen MR) is 39.0 cm³/mol. The largest absolute Gasteiger partial charge is 0.394 e. The molecule has 1 heterocycles. The maximum Gasteiger partial charge on any atom is 0.394 e. The van der Waals surface area contributed by atoms with Crippen molar-refractivity contribution in [2.75, 3.05) is 0 Å². The van der Waals surface area contributed by atoms with E-state index in [1.165, 1.54) is 0 Å². The van der Waals surface area contributed by atoms with Crippen LogP contribution in [0, 0.1) is 20.2 Å². The van der Waals surface area contributed by atoms with Crippen molar-refractivity contribution in [3.05, 3.63) is 25.7 Å².